The third kappa shape index (κ3) is 2.85. The van der Waals surface area contributed by atoms with Gasteiger partial charge in [0, 0.05) is 18.2 Å². The third-order valence-electron chi connectivity index (χ3n) is 2.69. The topological polar surface area (TPSA) is 66.9 Å². The second-order valence-corrected chi connectivity index (χ2v) is 3.85. The van der Waals surface area contributed by atoms with Gasteiger partial charge in [-0.2, -0.15) is 5.26 Å². The van der Waals surface area contributed by atoms with E-state index in [4.69, 9.17) is 5.26 Å². The van der Waals surface area contributed by atoms with E-state index in [1.54, 1.807) is 18.2 Å². The molecule has 0 bridgehead atoms. The molecule has 0 N–H and O–H groups in total. The van der Waals surface area contributed by atoms with Crippen LogP contribution in [0.2, 0.25) is 0 Å². The van der Waals surface area contributed by atoms with Crippen molar-refractivity contribution < 1.29 is 4.92 Å². The highest BCUT2D eigenvalue weighted by Crippen LogP contribution is 2.26. The zero-order chi connectivity index (χ0) is 13.7. The molecule has 0 saturated carbocycles. The second-order valence-electron chi connectivity index (χ2n) is 3.85. The third-order valence-corrected chi connectivity index (χ3v) is 2.69. The summed E-state index contributed by atoms with van der Waals surface area (Å²) < 4.78 is 0. The lowest BCUT2D eigenvalue weighted by Crippen LogP contribution is -1.88. The highest BCUT2D eigenvalue weighted by molar-refractivity contribution is 5.76. The van der Waals surface area contributed by atoms with Crippen LogP contribution in [0.25, 0.3) is 17.2 Å². The largest absolute Gasteiger partial charge is 0.269 e. The van der Waals surface area contributed by atoms with E-state index in [2.05, 4.69) is 0 Å². The summed E-state index contributed by atoms with van der Waals surface area (Å²) in [4.78, 5) is 10.2. The molecule has 2 aromatic rings. The maximum atomic E-state index is 10.6. The molecule has 0 radical (unpaired) electrons. The van der Waals surface area contributed by atoms with Crippen molar-refractivity contribution in [2.75, 3.05) is 0 Å². The zero-order valence-corrected chi connectivity index (χ0v) is 9.98. The van der Waals surface area contributed by atoms with E-state index >= 15 is 0 Å². The van der Waals surface area contributed by atoms with Gasteiger partial charge in [0.2, 0.25) is 0 Å². The number of allylic oxidation sites excluding steroid dienone is 1. The molecule has 0 atom stereocenters. The molecule has 2 aromatic carbocycles. The maximum absolute atomic E-state index is 10.6. The van der Waals surface area contributed by atoms with E-state index in [-0.39, 0.29) is 5.69 Å². The van der Waals surface area contributed by atoms with Crippen molar-refractivity contribution in [3.8, 4) is 17.2 Å². The zero-order valence-electron chi connectivity index (χ0n) is 9.98. The van der Waals surface area contributed by atoms with Crippen molar-refractivity contribution in [2.24, 2.45) is 0 Å². The fraction of sp³-hybridized carbons (Fsp3) is 0. The predicted octanol–water partition coefficient (Wildman–Crippen LogP) is 3.80. The van der Waals surface area contributed by atoms with Gasteiger partial charge in [0.1, 0.15) is 0 Å². The summed E-state index contributed by atoms with van der Waals surface area (Å²) in [6, 6.07) is 15.9. The average molecular weight is 250 g/mol. The first kappa shape index (κ1) is 12.5. The SMILES string of the molecule is N#C/C=C/c1ccccc1-c1ccc([N+](=O)[O-])cc1. The minimum Gasteiger partial charge on any atom is -0.258 e. The minimum atomic E-state index is -0.425. The number of hydrogen-bond acceptors (Lipinski definition) is 3. The first-order chi connectivity index (χ1) is 9.22. The van der Waals surface area contributed by atoms with Gasteiger partial charge < -0.3 is 0 Å². The molecule has 0 aliphatic rings. The van der Waals surface area contributed by atoms with Crippen LogP contribution in [0, 0.1) is 21.4 Å². The first-order valence-electron chi connectivity index (χ1n) is 5.62. The number of hydrogen-bond donors (Lipinski definition) is 0. The Labute approximate surface area is 110 Å². The summed E-state index contributed by atoms with van der Waals surface area (Å²) in [6.07, 6.45) is 3.13. The van der Waals surface area contributed by atoms with Crippen LogP contribution in [0.4, 0.5) is 5.69 Å². The van der Waals surface area contributed by atoms with Gasteiger partial charge in [-0.1, -0.05) is 24.3 Å². The summed E-state index contributed by atoms with van der Waals surface area (Å²) in [7, 11) is 0. The number of nitrogens with zero attached hydrogens (tertiary/aromatic N) is 2. The molecule has 4 nitrogen and oxygen atoms in total. The number of non-ortho nitro benzene ring substituents is 1. The van der Waals surface area contributed by atoms with Gasteiger partial charge in [-0.15, -0.1) is 0 Å². The smallest absolute Gasteiger partial charge is 0.258 e. The summed E-state index contributed by atoms with van der Waals surface area (Å²) >= 11 is 0. The van der Waals surface area contributed by atoms with Gasteiger partial charge >= 0.3 is 0 Å². The van der Waals surface area contributed by atoms with E-state index < -0.39 is 4.92 Å². The van der Waals surface area contributed by atoms with Crippen molar-refractivity contribution >= 4 is 11.8 Å². The van der Waals surface area contributed by atoms with Crippen LogP contribution in [-0.2, 0) is 0 Å². The first-order valence-corrected chi connectivity index (χ1v) is 5.62. The van der Waals surface area contributed by atoms with Crippen LogP contribution in [0.5, 0.6) is 0 Å². The molecule has 0 aliphatic carbocycles. The second kappa shape index (κ2) is 5.61. The molecule has 0 saturated heterocycles. The molecule has 0 fully saturated rings. The molecule has 4 heteroatoms. The van der Waals surface area contributed by atoms with Gasteiger partial charge in [0.15, 0.2) is 0 Å². The molecule has 19 heavy (non-hydrogen) atoms. The number of nitriles is 1. The quantitative estimate of drug-likeness (QED) is 0.472. The van der Waals surface area contributed by atoms with Crippen LogP contribution in [-0.4, -0.2) is 4.92 Å². The van der Waals surface area contributed by atoms with E-state index in [9.17, 15) is 10.1 Å². The molecule has 0 heterocycles. The average Bonchev–Trinajstić information content (AvgIpc) is 2.45. The standard InChI is InChI=1S/C15H10N2O2/c16-11-3-5-12-4-1-2-6-15(12)13-7-9-14(10-8-13)17(18)19/h1-10H/b5-3+. The van der Waals surface area contributed by atoms with Gasteiger partial charge in [-0.25, -0.2) is 0 Å². The molecule has 92 valence electrons. The Bertz CT molecular complexity index is 667. The van der Waals surface area contributed by atoms with Gasteiger partial charge in [0.25, 0.3) is 5.69 Å². The predicted molar refractivity (Wildman–Crippen MR) is 73.2 cm³/mol. The van der Waals surface area contributed by atoms with Crippen molar-refractivity contribution in [1.29, 1.82) is 5.26 Å². The highest BCUT2D eigenvalue weighted by Gasteiger charge is 2.06. The van der Waals surface area contributed by atoms with Gasteiger partial charge in [0.05, 0.1) is 11.0 Å². The Morgan fingerprint density at radius 3 is 2.42 bits per heavy atom. The number of nitro groups is 1. The molecule has 0 amide bonds. The van der Waals surface area contributed by atoms with Crippen molar-refractivity contribution in [3.63, 3.8) is 0 Å². The number of benzene rings is 2. The van der Waals surface area contributed by atoms with Crippen molar-refractivity contribution in [3.05, 3.63) is 70.3 Å². The molecule has 0 aromatic heterocycles. The Morgan fingerprint density at radius 1 is 1.11 bits per heavy atom. The van der Waals surface area contributed by atoms with E-state index in [1.807, 2.05) is 30.3 Å². The Kier molecular flexibility index (Phi) is 3.70. The molecular weight excluding hydrogens is 240 g/mol. The molecule has 0 spiro atoms. The van der Waals surface area contributed by atoms with Crippen LogP contribution >= 0.6 is 0 Å². The monoisotopic (exact) mass is 250 g/mol. The van der Waals surface area contributed by atoms with E-state index in [0.717, 1.165) is 16.7 Å². The molecule has 2 rings (SSSR count). The molecule has 0 aliphatic heterocycles. The minimum absolute atomic E-state index is 0.0637. The van der Waals surface area contributed by atoms with Crippen LogP contribution in [0.15, 0.2) is 54.6 Å². The number of nitro benzene ring substituents is 1. The summed E-state index contributed by atoms with van der Waals surface area (Å²) in [5.74, 6) is 0. The normalized spacial score (nSPS) is 10.3. The lowest BCUT2D eigenvalue weighted by Gasteiger charge is -2.05. The fourth-order valence-electron chi connectivity index (χ4n) is 1.79. The maximum Gasteiger partial charge on any atom is 0.269 e. The Balaban J connectivity index is 2.44. The summed E-state index contributed by atoms with van der Waals surface area (Å²) in [5, 5.41) is 19.2. The van der Waals surface area contributed by atoms with E-state index in [0.29, 0.717) is 0 Å². The molecule has 0 unspecified atom stereocenters. The van der Waals surface area contributed by atoms with E-state index in [1.165, 1.54) is 18.2 Å². The lowest BCUT2D eigenvalue weighted by molar-refractivity contribution is -0.384. The summed E-state index contributed by atoms with van der Waals surface area (Å²) in [5.41, 5.74) is 2.78. The summed E-state index contributed by atoms with van der Waals surface area (Å²) in [6.45, 7) is 0. The Hall–Kier alpha value is -2.93. The van der Waals surface area contributed by atoms with Crippen molar-refractivity contribution in [1.82, 2.24) is 0 Å². The fourth-order valence-corrected chi connectivity index (χ4v) is 1.79. The van der Waals surface area contributed by atoms with Gasteiger partial charge in [-0.3, -0.25) is 10.1 Å². The van der Waals surface area contributed by atoms with Gasteiger partial charge in [-0.05, 0) is 34.9 Å². The van der Waals surface area contributed by atoms with Crippen LogP contribution in [0.3, 0.4) is 0 Å². The number of rotatable bonds is 3. The Morgan fingerprint density at radius 2 is 1.79 bits per heavy atom. The molecular formula is C15H10N2O2. The van der Waals surface area contributed by atoms with Crippen molar-refractivity contribution in [2.45, 2.75) is 0 Å². The van der Waals surface area contributed by atoms with Crippen LogP contribution < -0.4 is 0 Å². The highest BCUT2D eigenvalue weighted by atomic mass is 16.6. The van der Waals surface area contributed by atoms with Crippen LogP contribution in [0.1, 0.15) is 5.56 Å². The lowest BCUT2D eigenvalue weighted by atomic mass is 9.99.